The Morgan fingerprint density at radius 1 is 1.60 bits per heavy atom. The molecular formula is C12H12N2O. The molecule has 0 saturated carbocycles. The molecule has 2 N–H and O–H groups in total. The molecule has 0 radical (unpaired) electrons. The van der Waals surface area contributed by atoms with Gasteiger partial charge in [0.05, 0.1) is 6.10 Å². The Morgan fingerprint density at radius 3 is 3.27 bits per heavy atom. The number of nitrogens with one attached hydrogen (secondary N) is 1. The van der Waals surface area contributed by atoms with Gasteiger partial charge >= 0.3 is 0 Å². The first-order valence-corrected chi connectivity index (χ1v) is 4.83. The molecule has 3 heteroatoms. The van der Waals surface area contributed by atoms with E-state index in [-0.39, 0.29) is 0 Å². The highest BCUT2D eigenvalue weighted by molar-refractivity contribution is 5.79. The van der Waals surface area contributed by atoms with Crippen molar-refractivity contribution < 1.29 is 5.11 Å². The van der Waals surface area contributed by atoms with Crippen molar-refractivity contribution in [2.24, 2.45) is 0 Å². The largest absolute Gasteiger partial charge is 0.392 e. The highest BCUT2D eigenvalue weighted by Gasteiger charge is 2.08. The van der Waals surface area contributed by atoms with Crippen LogP contribution in [0.15, 0.2) is 24.5 Å². The highest BCUT2D eigenvalue weighted by atomic mass is 16.3. The third-order valence-corrected chi connectivity index (χ3v) is 2.35. The molecule has 0 aliphatic rings. The number of aliphatic hydroxyl groups excluding tert-OH is 1. The topological polar surface area (TPSA) is 48.9 Å². The maximum atomic E-state index is 9.60. The Hall–Kier alpha value is -1.79. The summed E-state index contributed by atoms with van der Waals surface area (Å²) >= 11 is 0. The smallest absolute Gasteiger partial charge is 0.137 e. The van der Waals surface area contributed by atoms with E-state index >= 15 is 0 Å². The van der Waals surface area contributed by atoms with Crippen molar-refractivity contribution in [1.82, 2.24) is 9.97 Å². The number of nitrogens with zero attached hydrogens (tertiary/aromatic N) is 1. The molecule has 0 amide bonds. The van der Waals surface area contributed by atoms with Crippen LogP contribution in [0.1, 0.15) is 12.0 Å². The lowest BCUT2D eigenvalue weighted by atomic mass is 10.1. The zero-order chi connectivity index (χ0) is 10.7. The SMILES string of the molecule is C#CCC(O)Cc1c[nH]c2ncccc12. The number of H-pyrrole nitrogens is 1. The summed E-state index contributed by atoms with van der Waals surface area (Å²) in [5.74, 6) is 2.45. The summed E-state index contributed by atoms with van der Waals surface area (Å²) in [5.41, 5.74) is 1.90. The second-order valence-corrected chi connectivity index (χ2v) is 3.48. The first-order chi connectivity index (χ1) is 7.31. The minimum absolute atomic E-state index is 0.382. The minimum atomic E-state index is -0.478. The summed E-state index contributed by atoms with van der Waals surface area (Å²) in [5, 5.41) is 10.7. The van der Waals surface area contributed by atoms with Gasteiger partial charge in [0.2, 0.25) is 0 Å². The molecule has 1 atom stereocenters. The molecule has 15 heavy (non-hydrogen) atoms. The third-order valence-electron chi connectivity index (χ3n) is 2.35. The maximum Gasteiger partial charge on any atom is 0.137 e. The lowest BCUT2D eigenvalue weighted by Crippen LogP contribution is -2.08. The fraction of sp³-hybridized carbons (Fsp3) is 0.250. The van der Waals surface area contributed by atoms with Crippen molar-refractivity contribution >= 4 is 11.0 Å². The average Bonchev–Trinajstić information content (AvgIpc) is 2.62. The number of aromatic amines is 1. The van der Waals surface area contributed by atoms with Gasteiger partial charge in [0.15, 0.2) is 0 Å². The van der Waals surface area contributed by atoms with Crippen LogP contribution >= 0.6 is 0 Å². The van der Waals surface area contributed by atoms with Gasteiger partial charge in [0.25, 0.3) is 0 Å². The highest BCUT2D eigenvalue weighted by Crippen LogP contribution is 2.17. The van der Waals surface area contributed by atoms with Gasteiger partial charge in [0.1, 0.15) is 5.65 Å². The second-order valence-electron chi connectivity index (χ2n) is 3.48. The third kappa shape index (κ3) is 2.00. The quantitative estimate of drug-likeness (QED) is 0.737. The fourth-order valence-electron chi connectivity index (χ4n) is 1.64. The van der Waals surface area contributed by atoms with Crippen molar-refractivity contribution in [2.75, 3.05) is 0 Å². The Labute approximate surface area is 88.2 Å². The average molecular weight is 200 g/mol. The van der Waals surface area contributed by atoms with Crippen LogP contribution < -0.4 is 0 Å². The first kappa shape index (κ1) is 9.75. The number of hydrogen-bond acceptors (Lipinski definition) is 2. The van der Waals surface area contributed by atoms with Gasteiger partial charge in [-0.15, -0.1) is 12.3 Å². The van der Waals surface area contributed by atoms with E-state index in [0.717, 1.165) is 16.6 Å². The summed E-state index contributed by atoms with van der Waals surface area (Å²) in [6, 6.07) is 3.87. The molecule has 0 aliphatic carbocycles. The number of aliphatic hydroxyl groups is 1. The Balaban J connectivity index is 2.25. The van der Waals surface area contributed by atoms with Crippen LogP contribution in [0.5, 0.6) is 0 Å². The molecule has 0 saturated heterocycles. The van der Waals surface area contributed by atoms with E-state index in [1.54, 1.807) is 6.20 Å². The molecule has 3 nitrogen and oxygen atoms in total. The minimum Gasteiger partial charge on any atom is -0.392 e. The number of terminal acetylenes is 1. The summed E-state index contributed by atoms with van der Waals surface area (Å²) in [7, 11) is 0. The number of aromatic nitrogens is 2. The number of fused-ring (bicyclic) bond motifs is 1. The van der Waals surface area contributed by atoms with Crippen molar-refractivity contribution in [3.05, 3.63) is 30.1 Å². The van der Waals surface area contributed by atoms with Crippen LogP contribution in [0, 0.1) is 12.3 Å². The Bertz CT molecular complexity index is 496. The fourth-order valence-corrected chi connectivity index (χ4v) is 1.64. The van der Waals surface area contributed by atoms with Gasteiger partial charge in [0, 0.05) is 30.6 Å². The molecule has 0 spiro atoms. The molecule has 2 heterocycles. The molecular weight excluding hydrogens is 188 g/mol. The Morgan fingerprint density at radius 2 is 2.47 bits per heavy atom. The van der Waals surface area contributed by atoms with E-state index in [9.17, 15) is 5.11 Å². The molecule has 1 unspecified atom stereocenters. The monoisotopic (exact) mass is 200 g/mol. The molecule has 0 bridgehead atoms. The van der Waals surface area contributed by atoms with Gasteiger partial charge in [-0.2, -0.15) is 0 Å². The van der Waals surface area contributed by atoms with Crippen molar-refractivity contribution in [2.45, 2.75) is 18.9 Å². The van der Waals surface area contributed by atoms with Crippen molar-refractivity contribution in [3.8, 4) is 12.3 Å². The molecule has 2 rings (SSSR count). The summed E-state index contributed by atoms with van der Waals surface area (Å²) < 4.78 is 0. The van der Waals surface area contributed by atoms with E-state index in [2.05, 4.69) is 15.9 Å². The Kier molecular flexibility index (Phi) is 2.70. The second kappa shape index (κ2) is 4.16. The predicted molar refractivity (Wildman–Crippen MR) is 59.3 cm³/mol. The lowest BCUT2D eigenvalue weighted by molar-refractivity contribution is 0.181. The van der Waals surface area contributed by atoms with Gasteiger partial charge < -0.3 is 10.1 Å². The van der Waals surface area contributed by atoms with E-state index < -0.39 is 6.10 Å². The summed E-state index contributed by atoms with van der Waals surface area (Å²) in [6.45, 7) is 0. The van der Waals surface area contributed by atoms with Crippen LogP contribution in [0.25, 0.3) is 11.0 Å². The van der Waals surface area contributed by atoms with E-state index in [0.29, 0.717) is 12.8 Å². The molecule has 0 fully saturated rings. The summed E-state index contributed by atoms with van der Waals surface area (Å²) in [6.07, 6.45) is 9.22. The molecule has 0 aliphatic heterocycles. The molecule has 76 valence electrons. The number of rotatable bonds is 3. The van der Waals surface area contributed by atoms with Gasteiger partial charge in [-0.05, 0) is 17.7 Å². The summed E-state index contributed by atoms with van der Waals surface area (Å²) in [4.78, 5) is 7.24. The van der Waals surface area contributed by atoms with E-state index in [4.69, 9.17) is 6.42 Å². The predicted octanol–water partition coefficient (Wildman–Crippen LogP) is 1.49. The first-order valence-electron chi connectivity index (χ1n) is 4.83. The van der Waals surface area contributed by atoms with Crippen LogP contribution in [0.3, 0.4) is 0 Å². The zero-order valence-electron chi connectivity index (χ0n) is 8.27. The normalized spacial score (nSPS) is 12.5. The van der Waals surface area contributed by atoms with E-state index in [1.165, 1.54) is 0 Å². The number of hydrogen-bond donors (Lipinski definition) is 2. The van der Waals surface area contributed by atoms with Crippen LogP contribution in [-0.4, -0.2) is 21.2 Å². The van der Waals surface area contributed by atoms with Crippen molar-refractivity contribution in [3.63, 3.8) is 0 Å². The van der Waals surface area contributed by atoms with Gasteiger partial charge in [-0.1, -0.05) is 0 Å². The van der Waals surface area contributed by atoms with Gasteiger partial charge in [-0.25, -0.2) is 4.98 Å². The lowest BCUT2D eigenvalue weighted by Gasteiger charge is -2.04. The zero-order valence-corrected chi connectivity index (χ0v) is 8.27. The van der Waals surface area contributed by atoms with Gasteiger partial charge in [-0.3, -0.25) is 0 Å². The maximum absolute atomic E-state index is 9.60. The van der Waals surface area contributed by atoms with Crippen LogP contribution in [0.4, 0.5) is 0 Å². The van der Waals surface area contributed by atoms with Crippen LogP contribution in [-0.2, 0) is 6.42 Å². The molecule has 2 aromatic rings. The molecule has 2 aromatic heterocycles. The van der Waals surface area contributed by atoms with E-state index in [1.807, 2.05) is 18.3 Å². The van der Waals surface area contributed by atoms with Crippen LogP contribution in [0.2, 0.25) is 0 Å². The standard InChI is InChI=1S/C12H12N2O/c1-2-4-10(15)7-9-8-14-12-11(9)5-3-6-13-12/h1,3,5-6,8,10,15H,4,7H2,(H,13,14). The molecule has 0 aromatic carbocycles. The number of pyridine rings is 1. The van der Waals surface area contributed by atoms with Crippen molar-refractivity contribution in [1.29, 1.82) is 0 Å².